The molecule has 2 aromatic carbocycles. The second kappa shape index (κ2) is 8.57. The van der Waals surface area contributed by atoms with Gasteiger partial charge in [0, 0.05) is 5.70 Å². The average Bonchev–Trinajstić information content (AvgIpc) is 3.09. The summed E-state index contributed by atoms with van der Waals surface area (Å²) in [5.74, 6) is -0.489. The predicted octanol–water partition coefficient (Wildman–Crippen LogP) is 4.70. The number of hydrogen-bond acceptors (Lipinski definition) is 4. The van der Waals surface area contributed by atoms with Crippen LogP contribution in [0.25, 0.3) is 11.1 Å². The van der Waals surface area contributed by atoms with Crippen LogP contribution in [0.2, 0.25) is 0 Å². The number of hydrogen-bond donors (Lipinski definition) is 1. The third-order valence-electron chi connectivity index (χ3n) is 5.05. The number of hydroxylamine groups is 1. The Morgan fingerprint density at radius 3 is 2.64 bits per heavy atom. The molecule has 0 aromatic heterocycles. The Bertz CT molecular complexity index is 920. The maximum Gasteiger partial charge on any atom is 0.308 e. The molecule has 1 atom stereocenters. The Labute approximate surface area is 165 Å². The van der Waals surface area contributed by atoms with Crippen LogP contribution in [0.5, 0.6) is 0 Å². The fraction of sp³-hybridized carbons (Fsp3) is 0.348. The first-order valence-corrected chi connectivity index (χ1v) is 9.43. The number of carbonyl (C=O) groups excluding carboxylic acids is 1. The van der Waals surface area contributed by atoms with Gasteiger partial charge in [-0.2, -0.15) is 0 Å². The molecule has 28 heavy (non-hydrogen) atoms. The third kappa shape index (κ3) is 4.60. The molecule has 4 nitrogen and oxygen atoms in total. The molecular formula is C23H26FNO3. The molecule has 0 bridgehead atoms. The quantitative estimate of drug-likeness (QED) is 0.735. The van der Waals surface area contributed by atoms with Crippen molar-refractivity contribution >= 4 is 5.97 Å². The highest BCUT2D eigenvalue weighted by atomic mass is 19.1. The molecule has 0 fully saturated rings. The van der Waals surface area contributed by atoms with Gasteiger partial charge in [0.15, 0.2) is 0 Å². The summed E-state index contributed by atoms with van der Waals surface area (Å²) in [6, 6.07) is 9.58. The van der Waals surface area contributed by atoms with E-state index in [0.29, 0.717) is 5.56 Å². The highest BCUT2D eigenvalue weighted by molar-refractivity contribution is 5.71. The Kier molecular flexibility index (Phi) is 6.15. The fourth-order valence-corrected chi connectivity index (χ4v) is 3.59. The van der Waals surface area contributed by atoms with Gasteiger partial charge in [-0.3, -0.25) is 15.1 Å². The SMILES string of the molecule is COC(=O)CC1C=C(CCc2c(C)cc(C)cc2-c2ccc(F)c(C)c2)NO1. The normalized spacial score (nSPS) is 15.9. The minimum Gasteiger partial charge on any atom is -0.469 e. The molecule has 2 aromatic rings. The van der Waals surface area contributed by atoms with Gasteiger partial charge in [0.1, 0.15) is 11.9 Å². The van der Waals surface area contributed by atoms with Gasteiger partial charge in [0.05, 0.1) is 13.5 Å². The van der Waals surface area contributed by atoms with Crippen LogP contribution < -0.4 is 5.48 Å². The van der Waals surface area contributed by atoms with E-state index in [1.54, 1.807) is 6.92 Å². The Morgan fingerprint density at radius 1 is 1.14 bits per heavy atom. The van der Waals surface area contributed by atoms with E-state index in [9.17, 15) is 9.18 Å². The van der Waals surface area contributed by atoms with Crippen LogP contribution in [0.4, 0.5) is 4.39 Å². The lowest BCUT2D eigenvalue weighted by Crippen LogP contribution is -2.17. The number of benzene rings is 2. The Morgan fingerprint density at radius 2 is 1.93 bits per heavy atom. The lowest BCUT2D eigenvalue weighted by atomic mass is 9.90. The molecule has 1 aliphatic rings. The van der Waals surface area contributed by atoms with Crippen LogP contribution >= 0.6 is 0 Å². The van der Waals surface area contributed by atoms with Gasteiger partial charge in [-0.1, -0.05) is 23.8 Å². The number of halogens is 1. The fourth-order valence-electron chi connectivity index (χ4n) is 3.59. The van der Waals surface area contributed by atoms with Crippen molar-refractivity contribution in [3.63, 3.8) is 0 Å². The van der Waals surface area contributed by atoms with Gasteiger partial charge >= 0.3 is 5.97 Å². The summed E-state index contributed by atoms with van der Waals surface area (Å²) in [7, 11) is 1.37. The molecular weight excluding hydrogens is 357 g/mol. The summed E-state index contributed by atoms with van der Waals surface area (Å²) in [5.41, 5.74) is 10.3. The largest absolute Gasteiger partial charge is 0.469 e. The average molecular weight is 383 g/mol. The van der Waals surface area contributed by atoms with E-state index >= 15 is 0 Å². The summed E-state index contributed by atoms with van der Waals surface area (Å²) in [5, 5.41) is 0. The van der Waals surface area contributed by atoms with Gasteiger partial charge in [0.2, 0.25) is 0 Å². The lowest BCUT2D eigenvalue weighted by Gasteiger charge is -2.16. The summed E-state index contributed by atoms with van der Waals surface area (Å²) < 4.78 is 18.4. The van der Waals surface area contributed by atoms with Crippen LogP contribution in [-0.4, -0.2) is 19.2 Å². The van der Waals surface area contributed by atoms with Crippen molar-refractivity contribution in [3.05, 3.63) is 70.2 Å². The smallest absolute Gasteiger partial charge is 0.308 e. The van der Waals surface area contributed by atoms with Crippen LogP contribution in [-0.2, 0) is 20.8 Å². The number of ether oxygens (including phenoxy) is 1. The molecule has 0 saturated heterocycles. The van der Waals surface area contributed by atoms with Crippen LogP contribution in [0.15, 0.2) is 42.1 Å². The summed E-state index contributed by atoms with van der Waals surface area (Å²) in [6.45, 7) is 5.96. The van der Waals surface area contributed by atoms with E-state index in [1.165, 1.54) is 29.9 Å². The standard InChI is InChI=1S/C23H26FNO3/c1-14-9-15(2)20(21(10-14)17-5-8-22(24)16(3)11-17)7-6-18-12-19(28-25-18)13-23(26)27-4/h5,8-12,19,25H,6-7,13H2,1-4H3. The van der Waals surface area contributed by atoms with E-state index in [4.69, 9.17) is 4.84 Å². The number of esters is 1. The highest BCUT2D eigenvalue weighted by Gasteiger charge is 2.20. The zero-order chi connectivity index (χ0) is 20.3. The minimum atomic E-state index is -0.305. The van der Waals surface area contributed by atoms with Crippen LogP contribution in [0, 0.1) is 26.6 Å². The zero-order valence-electron chi connectivity index (χ0n) is 16.8. The topological polar surface area (TPSA) is 47.6 Å². The van der Waals surface area contributed by atoms with Crippen molar-refractivity contribution in [3.8, 4) is 11.1 Å². The van der Waals surface area contributed by atoms with Crippen molar-refractivity contribution in [2.24, 2.45) is 0 Å². The zero-order valence-corrected chi connectivity index (χ0v) is 16.8. The van der Waals surface area contributed by atoms with Crippen molar-refractivity contribution in [2.45, 2.75) is 46.1 Å². The van der Waals surface area contributed by atoms with Gasteiger partial charge in [0.25, 0.3) is 0 Å². The third-order valence-corrected chi connectivity index (χ3v) is 5.05. The maximum atomic E-state index is 13.7. The molecule has 1 unspecified atom stereocenters. The molecule has 0 spiro atoms. The first-order valence-electron chi connectivity index (χ1n) is 9.43. The van der Waals surface area contributed by atoms with Crippen molar-refractivity contribution in [1.29, 1.82) is 0 Å². The number of allylic oxidation sites excluding steroid dienone is 1. The minimum absolute atomic E-state index is 0.191. The second-order valence-corrected chi connectivity index (χ2v) is 7.30. The van der Waals surface area contributed by atoms with E-state index in [0.717, 1.165) is 29.7 Å². The number of nitrogens with one attached hydrogen (secondary N) is 1. The molecule has 148 valence electrons. The van der Waals surface area contributed by atoms with Crippen LogP contribution in [0.1, 0.15) is 35.1 Å². The van der Waals surface area contributed by atoms with E-state index < -0.39 is 0 Å². The van der Waals surface area contributed by atoms with Gasteiger partial charge in [-0.05, 0) is 79.6 Å². The first-order chi connectivity index (χ1) is 13.4. The maximum absolute atomic E-state index is 13.7. The van der Waals surface area contributed by atoms with E-state index in [2.05, 4.69) is 36.2 Å². The monoisotopic (exact) mass is 383 g/mol. The predicted molar refractivity (Wildman–Crippen MR) is 107 cm³/mol. The van der Waals surface area contributed by atoms with Crippen molar-refractivity contribution < 1.29 is 18.8 Å². The number of methoxy groups -OCH3 is 1. The molecule has 1 aliphatic heterocycles. The van der Waals surface area contributed by atoms with E-state index in [1.807, 2.05) is 18.2 Å². The molecule has 0 amide bonds. The molecule has 0 saturated carbocycles. The first kappa shape index (κ1) is 20.1. The Hall–Kier alpha value is -2.66. The van der Waals surface area contributed by atoms with Gasteiger partial charge in [-0.25, -0.2) is 4.39 Å². The molecule has 3 rings (SSSR count). The lowest BCUT2D eigenvalue weighted by molar-refractivity contribution is -0.143. The second-order valence-electron chi connectivity index (χ2n) is 7.30. The molecule has 1 heterocycles. The van der Waals surface area contributed by atoms with Gasteiger partial charge < -0.3 is 4.74 Å². The highest BCUT2D eigenvalue weighted by Crippen LogP contribution is 2.31. The molecule has 0 aliphatic carbocycles. The summed E-state index contributed by atoms with van der Waals surface area (Å²) in [6.07, 6.45) is 3.39. The molecule has 1 N–H and O–H groups in total. The van der Waals surface area contributed by atoms with E-state index in [-0.39, 0.29) is 24.3 Å². The van der Waals surface area contributed by atoms with Gasteiger partial charge in [-0.15, -0.1) is 0 Å². The summed E-state index contributed by atoms with van der Waals surface area (Å²) >= 11 is 0. The summed E-state index contributed by atoms with van der Waals surface area (Å²) in [4.78, 5) is 16.8. The Balaban J connectivity index is 1.81. The van der Waals surface area contributed by atoms with Crippen molar-refractivity contribution in [2.75, 3.05) is 7.11 Å². The molecule has 0 radical (unpaired) electrons. The number of carbonyl (C=O) groups is 1. The number of aryl methyl sites for hydroxylation is 3. The van der Waals surface area contributed by atoms with Crippen molar-refractivity contribution in [1.82, 2.24) is 5.48 Å². The molecule has 5 heteroatoms. The van der Waals surface area contributed by atoms with Crippen LogP contribution in [0.3, 0.4) is 0 Å². The number of rotatable bonds is 6.